The van der Waals surface area contributed by atoms with Gasteiger partial charge in [0.2, 0.25) is 11.8 Å². The van der Waals surface area contributed by atoms with Crippen molar-refractivity contribution < 1.29 is 14.4 Å². The number of barbiturate groups is 1. The molecule has 1 N–H and O–H groups in total. The third-order valence-electron chi connectivity index (χ3n) is 4.93. The molecule has 0 atom stereocenters. The fourth-order valence-corrected chi connectivity index (χ4v) is 3.24. The Hall–Kier alpha value is -1.39. The van der Waals surface area contributed by atoms with Gasteiger partial charge in [-0.25, -0.2) is 4.79 Å². The average Bonchev–Trinajstić information content (AvgIpc) is 3.11. The number of imide groups is 2. The quantitative estimate of drug-likeness (QED) is 0.734. The van der Waals surface area contributed by atoms with Crippen molar-refractivity contribution in [2.75, 3.05) is 0 Å². The van der Waals surface area contributed by atoms with Gasteiger partial charge in [0.15, 0.2) is 0 Å². The molecule has 2 saturated carbocycles. The number of nitrogens with zero attached hydrogens (tertiary/aromatic N) is 1. The second-order valence-electron chi connectivity index (χ2n) is 6.91. The minimum absolute atomic E-state index is 0.0360. The summed E-state index contributed by atoms with van der Waals surface area (Å²) < 4.78 is 0. The minimum Gasteiger partial charge on any atom is -0.277 e. The van der Waals surface area contributed by atoms with Crippen molar-refractivity contribution in [1.82, 2.24) is 10.2 Å². The van der Waals surface area contributed by atoms with E-state index in [9.17, 15) is 14.4 Å². The molecule has 0 bridgehead atoms. The van der Waals surface area contributed by atoms with Gasteiger partial charge in [0, 0.05) is 6.04 Å². The van der Waals surface area contributed by atoms with Crippen LogP contribution in [0.1, 0.15) is 52.4 Å². The SMILES string of the molecule is CC1(C)CCC(N2C(=O)NC(=O)C3(CC3)C2=O)CC1. The zero-order chi connectivity index (χ0) is 13.8. The second kappa shape index (κ2) is 3.81. The van der Waals surface area contributed by atoms with E-state index in [1.165, 1.54) is 4.90 Å². The normalized spacial score (nSPS) is 29.6. The van der Waals surface area contributed by atoms with Crippen LogP contribution in [0.3, 0.4) is 0 Å². The molecule has 2 aliphatic carbocycles. The lowest BCUT2D eigenvalue weighted by atomic mass is 9.75. The summed E-state index contributed by atoms with van der Waals surface area (Å²) in [7, 11) is 0. The molecule has 0 unspecified atom stereocenters. The Kier molecular flexibility index (Phi) is 2.53. The minimum atomic E-state index is -0.902. The molecule has 3 rings (SSSR count). The molecule has 1 spiro atoms. The first-order valence-corrected chi connectivity index (χ1v) is 7.05. The van der Waals surface area contributed by atoms with Crippen LogP contribution in [0.5, 0.6) is 0 Å². The van der Waals surface area contributed by atoms with Crippen molar-refractivity contribution >= 4 is 17.8 Å². The zero-order valence-corrected chi connectivity index (χ0v) is 11.5. The van der Waals surface area contributed by atoms with Crippen molar-refractivity contribution in [1.29, 1.82) is 0 Å². The molecule has 0 aromatic carbocycles. The van der Waals surface area contributed by atoms with Gasteiger partial charge < -0.3 is 0 Å². The maximum absolute atomic E-state index is 12.4. The van der Waals surface area contributed by atoms with E-state index in [-0.39, 0.29) is 11.9 Å². The molecular formula is C14H20N2O3. The number of hydrogen-bond donors (Lipinski definition) is 1. The van der Waals surface area contributed by atoms with Crippen molar-refractivity contribution in [2.45, 2.75) is 58.4 Å². The summed E-state index contributed by atoms with van der Waals surface area (Å²) in [5, 5.41) is 2.36. The lowest BCUT2D eigenvalue weighted by molar-refractivity contribution is -0.146. The Labute approximate surface area is 112 Å². The van der Waals surface area contributed by atoms with E-state index in [2.05, 4.69) is 19.2 Å². The molecule has 5 nitrogen and oxygen atoms in total. The third-order valence-corrected chi connectivity index (χ3v) is 4.93. The van der Waals surface area contributed by atoms with Gasteiger partial charge in [0.05, 0.1) is 0 Å². The second-order valence-corrected chi connectivity index (χ2v) is 6.91. The smallest absolute Gasteiger partial charge is 0.277 e. The topological polar surface area (TPSA) is 66.5 Å². The maximum atomic E-state index is 12.4. The van der Waals surface area contributed by atoms with Crippen LogP contribution in [-0.4, -0.2) is 28.8 Å². The maximum Gasteiger partial charge on any atom is 0.331 e. The van der Waals surface area contributed by atoms with E-state index in [4.69, 9.17) is 0 Å². The van der Waals surface area contributed by atoms with Crippen LogP contribution < -0.4 is 5.32 Å². The van der Waals surface area contributed by atoms with E-state index in [1.54, 1.807) is 0 Å². The molecule has 104 valence electrons. The molecule has 3 aliphatic rings. The molecule has 19 heavy (non-hydrogen) atoms. The number of urea groups is 1. The fraction of sp³-hybridized carbons (Fsp3) is 0.786. The molecule has 4 amide bonds. The van der Waals surface area contributed by atoms with Gasteiger partial charge in [-0.15, -0.1) is 0 Å². The highest BCUT2D eigenvalue weighted by molar-refractivity contribution is 6.21. The van der Waals surface area contributed by atoms with Crippen LogP contribution >= 0.6 is 0 Å². The number of hydrogen-bond acceptors (Lipinski definition) is 3. The molecule has 3 fully saturated rings. The Balaban J connectivity index is 1.79. The third kappa shape index (κ3) is 1.86. The summed E-state index contributed by atoms with van der Waals surface area (Å²) in [5.41, 5.74) is -0.611. The van der Waals surface area contributed by atoms with Crippen LogP contribution in [0, 0.1) is 10.8 Å². The van der Waals surface area contributed by atoms with Crippen molar-refractivity contribution in [3.05, 3.63) is 0 Å². The molecular weight excluding hydrogens is 244 g/mol. The van der Waals surface area contributed by atoms with Crippen LogP contribution in [0.4, 0.5) is 4.79 Å². The number of carbonyl (C=O) groups is 3. The van der Waals surface area contributed by atoms with E-state index in [0.29, 0.717) is 18.3 Å². The van der Waals surface area contributed by atoms with Crippen molar-refractivity contribution in [3.63, 3.8) is 0 Å². The van der Waals surface area contributed by atoms with Gasteiger partial charge in [0.25, 0.3) is 0 Å². The number of amides is 4. The van der Waals surface area contributed by atoms with Crippen LogP contribution in [-0.2, 0) is 9.59 Å². The van der Waals surface area contributed by atoms with Crippen LogP contribution in [0.2, 0.25) is 0 Å². The lowest BCUT2D eigenvalue weighted by Crippen LogP contribution is -2.62. The molecule has 1 aliphatic heterocycles. The molecule has 1 saturated heterocycles. The highest BCUT2D eigenvalue weighted by Crippen LogP contribution is 2.50. The number of carbonyl (C=O) groups excluding carboxylic acids is 3. The highest BCUT2D eigenvalue weighted by atomic mass is 16.2. The van der Waals surface area contributed by atoms with Crippen molar-refractivity contribution in [2.24, 2.45) is 10.8 Å². The molecule has 0 radical (unpaired) electrons. The lowest BCUT2D eigenvalue weighted by Gasteiger charge is -2.41. The number of nitrogens with one attached hydrogen (secondary N) is 1. The molecule has 5 heteroatoms. The van der Waals surface area contributed by atoms with Gasteiger partial charge in [0.1, 0.15) is 5.41 Å². The Morgan fingerprint density at radius 2 is 1.63 bits per heavy atom. The Morgan fingerprint density at radius 3 is 2.16 bits per heavy atom. The summed E-state index contributed by atoms with van der Waals surface area (Å²) >= 11 is 0. The fourth-order valence-electron chi connectivity index (χ4n) is 3.24. The van der Waals surface area contributed by atoms with E-state index >= 15 is 0 Å². The highest BCUT2D eigenvalue weighted by Gasteiger charge is 2.63. The standard InChI is InChI=1S/C14H20N2O3/c1-13(2)5-3-9(4-6-13)16-11(18)14(7-8-14)10(17)15-12(16)19/h9H,3-8H2,1-2H3,(H,15,17,19). The molecule has 1 heterocycles. The Morgan fingerprint density at radius 1 is 1.05 bits per heavy atom. The first-order chi connectivity index (χ1) is 8.86. The van der Waals surface area contributed by atoms with E-state index in [0.717, 1.165) is 25.7 Å². The van der Waals surface area contributed by atoms with Gasteiger partial charge >= 0.3 is 6.03 Å². The summed E-state index contributed by atoms with van der Waals surface area (Å²) in [4.78, 5) is 37.5. The summed E-state index contributed by atoms with van der Waals surface area (Å²) in [5.74, 6) is -0.652. The largest absolute Gasteiger partial charge is 0.331 e. The molecule has 0 aromatic rings. The summed E-state index contributed by atoms with van der Waals surface area (Å²) in [6, 6.07) is -0.552. The monoisotopic (exact) mass is 264 g/mol. The van der Waals surface area contributed by atoms with E-state index in [1.807, 2.05) is 0 Å². The first kappa shape index (κ1) is 12.6. The van der Waals surface area contributed by atoms with Gasteiger partial charge in [-0.05, 0) is 43.9 Å². The predicted octanol–water partition coefficient (Wildman–Crippen LogP) is 1.81. The average molecular weight is 264 g/mol. The van der Waals surface area contributed by atoms with Gasteiger partial charge in [-0.1, -0.05) is 13.8 Å². The van der Waals surface area contributed by atoms with Gasteiger partial charge in [-0.3, -0.25) is 19.8 Å². The Bertz CT molecular complexity index is 455. The first-order valence-electron chi connectivity index (χ1n) is 7.05. The van der Waals surface area contributed by atoms with Crippen molar-refractivity contribution in [3.8, 4) is 0 Å². The van der Waals surface area contributed by atoms with Crippen LogP contribution in [0.25, 0.3) is 0 Å². The predicted molar refractivity (Wildman–Crippen MR) is 68.1 cm³/mol. The summed E-state index contributed by atoms with van der Waals surface area (Å²) in [6.07, 6.45) is 4.87. The number of rotatable bonds is 1. The van der Waals surface area contributed by atoms with E-state index < -0.39 is 17.4 Å². The molecule has 0 aromatic heterocycles. The summed E-state index contributed by atoms with van der Waals surface area (Å²) in [6.45, 7) is 4.43. The van der Waals surface area contributed by atoms with Gasteiger partial charge in [-0.2, -0.15) is 0 Å². The zero-order valence-electron chi connectivity index (χ0n) is 11.5. The van der Waals surface area contributed by atoms with Crippen LogP contribution in [0.15, 0.2) is 0 Å².